The summed E-state index contributed by atoms with van der Waals surface area (Å²) in [6.45, 7) is 11.0. The van der Waals surface area contributed by atoms with Crippen LogP contribution in [0, 0.1) is 6.92 Å². The Morgan fingerprint density at radius 2 is 1.67 bits per heavy atom. The maximum atomic E-state index is 2.28. The highest BCUT2D eigenvalue weighted by atomic mass is 14.1. The smallest absolute Gasteiger partial charge is 0.00459 e. The highest BCUT2D eigenvalue weighted by Crippen LogP contribution is 2.27. The fourth-order valence-electron chi connectivity index (χ4n) is 2.13. The van der Waals surface area contributed by atoms with Gasteiger partial charge in [0.05, 0.1) is 0 Å². The predicted octanol–water partition coefficient (Wildman–Crippen LogP) is 5.79. The van der Waals surface area contributed by atoms with Crippen molar-refractivity contribution in [3.8, 4) is 0 Å². The van der Waals surface area contributed by atoms with E-state index in [0.29, 0.717) is 5.92 Å². The van der Waals surface area contributed by atoms with Crippen LogP contribution in [0.4, 0.5) is 0 Å². The number of hydrogen-bond donors (Lipinski definition) is 0. The van der Waals surface area contributed by atoms with Crippen LogP contribution in [0.5, 0.6) is 0 Å². The molecule has 1 aromatic carbocycles. The molecule has 0 aliphatic rings. The van der Waals surface area contributed by atoms with E-state index in [1.807, 2.05) is 0 Å². The van der Waals surface area contributed by atoms with Crippen molar-refractivity contribution in [1.29, 1.82) is 0 Å². The Balaban J connectivity index is 2.92. The number of allylic oxidation sites excluding steroid dienone is 4. The zero-order chi connectivity index (χ0) is 13.5. The van der Waals surface area contributed by atoms with Gasteiger partial charge in [0.1, 0.15) is 0 Å². The second kappa shape index (κ2) is 7.20. The van der Waals surface area contributed by atoms with Gasteiger partial charge < -0.3 is 0 Å². The van der Waals surface area contributed by atoms with Crippen molar-refractivity contribution in [3.63, 3.8) is 0 Å². The topological polar surface area (TPSA) is 0 Å². The van der Waals surface area contributed by atoms with E-state index in [0.717, 1.165) is 12.8 Å². The van der Waals surface area contributed by atoms with Gasteiger partial charge in [-0.3, -0.25) is 0 Å². The van der Waals surface area contributed by atoms with E-state index in [-0.39, 0.29) is 0 Å². The zero-order valence-corrected chi connectivity index (χ0v) is 12.5. The van der Waals surface area contributed by atoms with Gasteiger partial charge in [0.25, 0.3) is 0 Å². The van der Waals surface area contributed by atoms with Gasteiger partial charge in [-0.1, -0.05) is 67.0 Å². The number of benzene rings is 1. The highest BCUT2D eigenvalue weighted by Gasteiger charge is 2.10. The molecular formula is C18H26. The van der Waals surface area contributed by atoms with Gasteiger partial charge in [-0.2, -0.15) is 0 Å². The van der Waals surface area contributed by atoms with Crippen molar-refractivity contribution < 1.29 is 0 Å². The van der Waals surface area contributed by atoms with E-state index in [1.165, 1.54) is 22.3 Å². The summed E-state index contributed by atoms with van der Waals surface area (Å²) in [4.78, 5) is 0. The van der Waals surface area contributed by atoms with Crippen molar-refractivity contribution in [2.24, 2.45) is 0 Å². The first-order valence-electron chi connectivity index (χ1n) is 6.99. The summed E-state index contributed by atoms with van der Waals surface area (Å²) >= 11 is 0. The van der Waals surface area contributed by atoms with Crippen LogP contribution in [-0.4, -0.2) is 0 Å². The van der Waals surface area contributed by atoms with Crippen LogP contribution in [0.25, 0.3) is 0 Å². The summed E-state index contributed by atoms with van der Waals surface area (Å²) in [5.74, 6) is 0.548. The van der Waals surface area contributed by atoms with E-state index in [4.69, 9.17) is 0 Å². The van der Waals surface area contributed by atoms with Crippen molar-refractivity contribution >= 4 is 0 Å². The van der Waals surface area contributed by atoms with Crippen LogP contribution >= 0.6 is 0 Å². The quantitative estimate of drug-likeness (QED) is 0.573. The zero-order valence-electron chi connectivity index (χ0n) is 12.5. The van der Waals surface area contributed by atoms with E-state index in [9.17, 15) is 0 Å². The van der Waals surface area contributed by atoms with Gasteiger partial charge in [0, 0.05) is 5.92 Å². The molecule has 0 saturated carbocycles. The van der Waals surface area contributed by atoms with Gasteiger partial charge in [-0.15, -0.1) is 0 Å². The minimum absolute atomic E-state index is 0.548. The molecule has 0 heteroatoms. The van der Waals surface area contributed by atoms with Crippen LogP contribution in [0.2, 0.25) is 0 Å². The second-order valence-electron chi connectivity index (χ2n) is 5.15. The Kier molecular flexibility index (Phi) is 5.91. The van der Waals surface area contributed by atoms with Crippen molar-refractivity contribution in [2.45, 2.75) is 53.4 Å². The normalized spacial score (nSPS) is 14.7. The van der Waals surface area contributed by atoms with Crippen molar-refractivity contribution in [3.05, 3.63) is 58.7 Å². The highest BCUT2D eigenvalue weighted by molar-refractivity contribution is 5.32. The van der Waals surface area contributed by atoms with Crippen LogP contribution < -0.4 is 0 Å². The van der Waals surface area contributed by atoms with Gasteiger partial charge in [-0.05, 0) is 39.2 Å². The average Bonchev–Trinajstić information content (AvgIpc) is 2.39. The molecule has 1 atom stereocenters. The molecule has 0 aliphatic heterocycles. The maximum Gasteiger partial charge on any atom is 0.00459 e. The lowest BCUT2D eigenvalue weighted by Gasteiger charge is -2.16. The van der Waals surface area contributed by atoms with Crippen LogP contribution in [-0.2, 0) is 0 Å². The van der Waals surface area contributed by atoms with Crippen LogP contribution in [0.15, 0.2) is 47.6 Å². The van der Waals surface area contributed by atoms with Crippen molar-refractivity contribution in [2.75, 3.05) is 0 Å². The van der Waals surface area contributed by atoms with E-state index in [1.54, 1.807) is 0 Å². The monoisotopic (exact) mass is 242 g/mol. The lowest BCUT2D eigenvalue weighted by molar-refractivity contribution is 0.759. The van der Waals surface area contributed by atoms with E-state index in [2.05, 4.69) is 71.0 Å². The van der Waals surface area contributed by atoms with Crippen LogP contribution in [0.3, 0.4) is 0 Å². The fourth-order valence-corrected chi connectivity index (χ4v) is 2.13. The lowest BCUT2D eigenvalue weighted by Crippen LogP contribution is -1.99. The first-order valence-corrected chi connectivity index (χ1v) is 6.99. The Labute approximate surface area is 112 Å². The standard InChI is InChI=1S/C18H26/c1-6-14(3)8-11-16(5)18(7-2)17-12-9-15(4)10-13-17/h8-13,18H,6-7H2,1-5H3/b14-8-,16-11+. The molecule has 0 nitrogen and oxygen atoms in total. The summed E-state index contributed by atoms with van der Waals surface area (Å²) in [6.07, 6.45) is 6.83. The Bertz CT molecular complexity index is 418. The third-order valence-electron chi connectivity index (χ3n) is 3.63. The summed E-state index contributed by atoms with van der Waals surface area (Å²) in [7, 11) is 0. The predicted molar refractivity (Wildman–Crippen MR) is 82.0 cm³/mol. The third-order valence-corrected chi connectivity index (χ3v) is 3.63. The molecule has 98 valence electrons. The molecule has 0 heterocycles. The first-order chi connectivity index (χ1) is 8.58. The molecule has 0 aliphatic carbocycles. The Morgan fingerprint density at radius 1 is 1.06 bits per heavy atom. The van der Waals surface area contributed by atoms with E-state index < -0.39 is 0 Å². The SMILES string of the molecule is CC/C(C)=C\C=C(/C)C(CC)c1ccc(C)cc1. The molecule has 1 rings (SSSR count). The van der Waals surface area contributed by atoms with Gasteiger partial charge in [0.15, 0.2) is 0 Å². The summed E-state index contributed by atoms with van der Waals surface area (Å²) in [6, 6.07) is 8.94. The number of aryl methyl sites for hydroxylation is 1. The lowest BCUT2D eigenvalue weighted by atomic mass is 9.89. The summed E-state index contributed by atoms with van der Waals surface area (Å²) in [5, 5.41) is 0. The average molecular weight is 242 g/mol. The maximum absolute atomic E-state index is 2.28. The molecule has 0 spiro atoms. The second-order valence-corrected chi connectivity index (χ2v) is 5.15. The Hall–Kier alpha value is -1.30. The summed E-state index contributed by atoms with van der Waals surface area (Å²) in [5.41, 5.74) is 5.65. The van der Waals surface area contributed by atoms with Gasteiger partial charge in [0.2, 0.25) is 0 Å². The minimum Gasteiger partial charge on any atom is -0.0736 e. The van der Waals surface area contributed by atoms with Gasteiger partial charge in [-0.25, -0.2) is 0 Å². The first kappa shape index (κ1) is 14.8. The van der Waals surface area contributed by atoms with E-state index >= 15 is 0 Å². The number of rotatable bonds is 5. The molecule has 0 saturated heterocycles. The van der Waals surface area contributed by atoms with Crippen LogP contribution in [0.1, 0.15) is 57.6 Å². The Morgan fingerprint density at radius 3 is 2.17 bits per heavy atom. The largest absolute Gasteiger partial charge is 0.0736 e. The molecule has 0 fully saturated rings. The molecule has 0 aromatic heterocycles. The minimum atomic E-state index is 0.548. The van der Waals surface area contributed by atoms with Crippen molar-refractivity contribution in [1.82, 2.24) is 0 Å². The molecule has 0 radical (unpaired) electrons. The fraction of sp³-hybridized carbons (Fsp3) is 0.444. The molecule has 0 N–H and O–H groups in total. The molecule has 0 bridgehead atoms. The third kappa shape index (κ3) is 4.18. The number of hydrogen-bond acceptors (Lipinski definition) is 0. The molecule has 1 aromatic rings. The molecule has 0 amide bonds. The molecule has 1 unspecified atom stereocenters. The molecule has 18 heavy (non-hydrogen) atoms. The summed E-state index contributed by atoms with van der Waals surface area (Å²) < 4.78 is 0. The molecular weight excluding hydrogens is 216 g/mol. The van der Waals surface area contributed by atoms with Gasteiger partial charge >= 0.3 is 0 Å².